The Balaban J connectivity index is 1.67. The summed E-state index contributed by atoms with van der Waals surface area (Å²) in [5.41, 5.74) is 3.03. The predicted molar refractivity (Wildman–Crippen MR) is 116 cm³/mol. The van der Waals surface area contributed by atoms with E-state index in [2.05, 4.69) is 15.4 Å². The number of carbonyl (C=O) groups excluding carboxylic acids is 1. The average molecular weight is 431 g/mol. The highest BCUT2D eigenvalue weighted by atomic mass is 19.1. The van der Waals surface area contributed by atoms with Crippen molar-refractivity contribution in [1.29, 1.82) is 0 Å². The van der Waals surface area contributed by atoms with Crippen LogP contribution in [-0.4, -0.2) is 32.6 Å². The Labute approximate surface area is 182 Å². The topological polar surface area (TPSA) is 103 Å². The van der Waals surface area contributed by atoms with Gasteiger partial charge in [0.25, 0.3) is 11.6 Å². The summed E-state index contributed by atoms with van der Waals surface area (Å²) in [6, 6.07) is 16.1. The first-order chi connectivity index (χ1) is 15.4. The number of hydrogen-bond donors (Lipinski definition) is 1. The second-order valence-electron chi connectivity index (χ2n) is 7.03. The molecule has 160 valence electrons. The van der Waals surface area contributed by atoms with Gasteiger partial charge >= 0.3 is 0 Å². The van der Waals surface area contributed by atoms with Crippen LogP contribution in [0.1, 0.15) is 15.9 Å². The van der Waals surface area contributed by atoms with Crippen molar-refractivity contribution in [1.82, 2.24) is 20.1 Å². The van der Waals surface area contributed by atoms with E-state index in [0.29, 0.717) is 34.6 Å². The van der Waals surface area contributed by atoms with E-state index >= 15 is 0 Å². The van der Waals surface area contributed by atoms with E-state index in [4.69, 9.17) is 0 Å². The van der Waals surface area contributed by atoms with Gasteiger partial charge in [-0.25, -0.2) is 9.37 Å². The molecule has 1 N–H and O–H groups in total. The summed E-state index contributed by atoms with van der Waals surface area (Å²) in [5, 5.41) is 18.6. The third kappa shape index (κ3) is 4.36. The fourth-order valence-corrected chi connectivity index (χ4v) is 3.31. The number of amides is 1. The largest absolute Gasteiger partial charge is 0.355 e. The minimum atomic E-state index is -0.511. The van der Waals surface area contributed by atoms with Crippen LogP contribution in [0.4, 0.5) is 10.1 Å². The molecule has 0 aliphatic carbocycles. The van der Waals surface area contributed by atoms with Crippen molar-refractivity contribution < 1.29 is 14.1 Å². The van der Waals surface area contributed by atoms with Gasteiger partial charge in [-0.15, -0.1) is 0 Å². The van der Waals surface area contributed by atoms with Gasteiger partial charge in [0.2, 0.25) is 0 Å². The highest BCUT2D eigenvalue weighted by molar-refractivity contribution is 5.94. The van der Waals surface area contributed by atoms with Gasteiger partial charge in [-0.1, -0.05) is 12.1 Å². The van der Waals surface area contributed by atoms with Crippen LogP contribution in [0.25, 0.3) is 22.5 Å². The smallest absolute Gasteiger partial charge is 0.297 e. The maximum atomic E-state index is 13.2. The first kappa shape index (κ1) is 20.9. The minimum absolute atomic E-state index is 0.178. The number of carbonyl (C=O) groups is 1. The zero-order chi connectivity index (χ0) is 22.7. The summed E-state index contributed by atoms with van der Waals surface area (Å²) in [6.45, 7) is 0.383. The number of nitro groups is 1. The summed E-state index contributed by atoms with van der Waals surface area (Å²) in [4.78, 5) is 27.1. The fraction of sp³-hybridized carbons (Fsp3) is 0.0870. The Morgan fingerprint density at radius 3 is 2.62 bits per heavy atom. The van der Waals surface area contributed by atoms with Gasteiger partial charge in [0.05, 0.1) is 28.4 Å². The molecule has 0 fully saturated rings. The van der Waals surface area contributed by atoms with Crippen molar-refractivity contribution in [2.24, 2.45) is 0 Å². The van der Waals surface area contributed by atoms with Crippen molar-refractivity contribution in [3.63, 3.8) is 0 Å². The lowest BCUT2D eigenvalue weighted by molar-refractivity contribution is -0.384. The van der Waals surface area contributed by atoms with E-state index in [1.807, 2.05) is 6.07 Å². The molecule has 2 aromatic heterocycles. The van der Waals surface area contributed by atoms with Crippen molar-refractivity contribution in [3.8, 4) is 22.5 Å². The van der Waals surface area contributed by atoms with Gasteiger partial charge in [0.15, 0.2) is 0 Å². The van der Waals surface area contributed by atoms with Gasteiger partial charge in [0.1, 0.15) is 12.0 Å². The Morgan fingerprint density at radius 2 is 1.91 bits per heavy atom. The van der Waals surface area contributed by atoms with Crippen LogP contribution in [0.15, 0.2) is 73.1 Å². The van der Waals surface area contributed by atoms with Crippen LogP contribution in [0.3, 0.4) is 0 Å². The lowest BCUT2D eigenvalue weighted by Gasteiger charge is -2.06. The molecule has 4 aromatic rings. The number of nitrogens with one attached hydrogen (secondary N) is 1. The molecule has 0 spiro atoms. The molecule has 32 heavy (non-hydrogen) atoms. The zero-order valence-electron chi connectivity index (χ0n) is 17.0. The molecule has 0 saturated carbocycles. The summed E-state index contributed by atoms with van der Waals surface area (Å²) in [5.74, 6) is -0.566. The highest BCUT2D eigenvalue weighted by Crippen LogP contribution is 2.31. The van der Waals surface area contributed by atoms with Crippen molar-refractivity contribution >= 4 is 11.6 Å². The molecule has 4 rings (SSSR count). The van der Waals surface area contributed by atoms with E-state index in [1.54, 1.807) is 60.4 Å². The summed E-state index contributed by atoms with van der Waals surface area (Å²) < 4.78 is 14.9. The first-order valence-electron chi connectivity index (χ1n) is 9.70. The monoisotopic (exact) mass is 431 g/mol. The molecule has 0 atom stereocenters. The molecule has 0 saturated heterocycles. The standard InChI is InChI=1S/C23H18FN5O3/c1-25-23(30)17-4-2-3-15(11-17)14-28-10-9-20(27-28)19-12-21(26-13-22(19)29(31)32)16-5-7-18(24)8-6-16/h2-13H,14H2,1H3,(H,25,30). The van der Waals surface area contributed by atoms with Crippen LogP contribution >= 0.6 is 0 Å². The fourth-order valence-electron chi connectivity index (χ4n) is 3.31. The van der Waals surface area contributed by atoms with Crippen molar-refractivity contribution in [3.05, 3.63) is 100 Å². The number of aromatic nitrogens is 3. The molecule has 2 aromatic carbocycles. The second-order valence-corrected chi connectivity index (χ2v) is 7.03. The van der Waals surface area contributed by atoms with Gasteiger partial charge in [0, 0.05) is 24.4 Å². The Hall–Kier alpha value is -4.40. The maximum absolute atomic E-state index is 13.2. The minimum Gasteiger partial charge on any atom is -0.355 e. The van der Waals surface area contributed by atoms with E-state index in [1.165, 1.54) is 18.3 Å². The molecule has 0 aliphatic heterocycles. The van der Waals surface area contributed by atoms with Gasteiger partial charge in [-0.05, 0) is 54.1 Å². The number of pyridine rings is 1. The van der Waals surface area contributed by atoms with Crippen molar-refractivity contribution in [2.75, 3.05) is 7.05 Å². The molecule has 8 nitrogen and oxygen atoms in total. The lowest BCUT2D eigenvalue weighted by atomic mass is 10.1. The molecule has 0 radical (unpaired) electrons. The molecule has 0 unspecified atom stereocenters. The van der Waals surface area contributed by atoms with E-state index < -0.39 is 4.92 Å². The Morgan fingerprint density at radius 1 is 1.12 bits per heavy atom. The third-order valence-corrected chi connectivity index (χ3v) is 4.90. The molecule has 9 heteroatoms. The van der Waals surface area contributed by atoms with Gasteiger partial charge in [-0.2, -0.15) is 5.10 Å². The first-order valence-corrected chi connectivity index (χ1v) is 9.70. The Kier molecular flexibility index (Phi) is 5.71. The highest BCUT2D eigenvalue weighted by Gasteiger charge is 2.20. The molecule has 2 heterocycles. The zero-order valence-corrected chi connectivity index (χ0v) is 17.0. The SMILES string of the molecule is CNC(=O)c1cccc(Cn2ccc(-c3cc(-c4ccc(F)cc4)ncc3[N+](=O)[O-])n2)c1. The third-order valence-electron chi connectivity index (χ3n) is 4.90. The maximum Gasteiger partial charge on any atom is 0.297 e. The van der Waals surface area contributed by atoms with Crippen LogP contribution in [0.5, 0.6) is 0 Å². The van der Waals surface area contributed by atoms with Crippen molar-refractivity contribution in [2.45, 2.75) is 6.54 Å². The average Bonchev–Trinajstić information content (AvgIpc) is 3.27. The Bertz CT molecular complexity index is 1300. The number of halogens is 1. The number of benzene rings is 2. The van der Waals surface area contributed by atoms with Crippen LogP contribution in [-0.2, 0) is 6.54 Å². The number of rotatable bonds is 6. The molecular weight excluding hydrogens is 413 g/mol. The van der Waals surface area contributed by atoms with E-state index in [0.717, 1.165) is 5.56 Å². The number of hydrogen-bond acceptors (Lipinski definition) is 5. The lowest BCUT2D eigenvalue weighted by Crippen LogP contribution is -2.18. The molecule has 0 aliphatic rings. The second kappa shape index (κ2) is 8.76. The summed E-state index contributed by atoms with van der Waals surface area (Å²) in [7, 11) is 1.57. The molecule has 0 bridgehead atoms. The predicted octanol–water partition coefficient (Wildman–Crippen LogP) is 4.07. The van der Waals surface area contributed by atoms with Crippen LogP contribution in [0.2, 0.25) is 0 Å². The normalized spacial score (nSPS) is 10.7. The molecular formula is C23H18FN5O3. The van der Waals surface area contributed by atoms with Crippen LogP contribution in [0, 0.1) is 15.9 Å². The molecule has 1 amide bonds. The van der Waals surface area contributed by atoms with Gasteiger partial charge in [-0.3, -0.25) is 19.6 Å². The van der Waals surface area contributed by atoms with Crippen LogP contribution < -0.4 is 5.32 Å². The quantitative estimate of drug-likeness (QED) is 0.366. The van der Waals surface area contributed by atoms with Gasteiger partial charge < -0.3 is 5.32 Å². The van der Waals surface area contributed by atoms with E-state index in [9.17, 15) is 19.3 Å². The summed E-state index contributed by atoms with van der Waals surface area (Å²) >= 11 is 0. The van der Waals surface area contributed by atoms with E-state index in [-0.39, 0.29) is 17.4 Å². The summed E-state index contributed by atoms with van der Waals surface area (Å²) in [6.07, 6.45) is 2.89. The number of nitrogens with zero attached hydrogens (tertiary/aromatic N) is 4.